The van der Waals surface area contributed by atoms with Crippen LogP contribution in [0.25, 0.3) is 0 Å². The molecule has 0 fully saturated rings. The standard InChI is InChI=1S/CHN4.3CH3NS2.Mo/c1-2-4-5-3-1;3*2-1(3)4;/h(H,2,3,4,5);3*(H3,2,3,4);/q;;;;+3/p-3. The second kappa shape index (κ2) is 17.1. The Morgan fingerprint density at radius 3 is 1.33 bits per heavy atom. The summed E-state index contributed by atoms with van der Waals surface area (Å²) in [7, 11) is 0. The summed E-state index contributed by atoms with van der Waals surface area (Å²) in [5.41, 5.74) is 14.0. The van der Waals surface area contributed by atoms with Crippen LogP contribution in [0.4, 0.5) is 0 Å². The van der Waals surface area contributed by atoms with Crippen LogP contribution in [0, 0.1) is 0 Å². The van der Waals surface area contributed by atoms with Crippen LogP contribution in [0.3, 0.4) is 0 Å². The number of H-pyrrole nitrogens is 1. The topological polar surface area (TPSA) is 133 Å². The van der Waals surface area contributed by atoms with E-state index in [4.69, 9.17) is 0 Å². The van der Waals surface area contributed by atoms with E-state index in [1.807, 2.05) is 0 Å². The summed E-state index contributed by atoms with van der Waals surface area (Å²) in [5.74, 6) is 0. The first-order valence-electron chi connectivity index (χ1n) is 3.39. The molecule has 0 aliphatic rings. The fraction of sp³-hybridized carbons (Fsp3) is 0. The van der Waals surface area contributed by atoms with Gasteiger partial charge in [0.05, 0.1) is 0 Å². The molecule has 0 spiro atoms. The van der Waals surface area contributed by atoms with Crippen LogP contribution in [-0.2, 0) is 57.7 Å². The van der Waals surface area contributed by atoms with E-state index >= 15 is 0 Å². The minimum atomic E-state index is 0.0833. The SMILES string of the molecule is NC(=S)[S-].NC(=S)[S-].NC(=S)[S-].[Mo+3][c]1nnn[nH]1. The van der Waals surface area contributed by atoms with E-state index in [2.05, 4.69) is 112 Å². The van der Waals surface area contributed by atoms with Crippen molar-refractivity contribution in [3.63, 3.8) is 0 Å². The number of hydrogen-bond donors (Lipinski definition) is 4. The Labute approximate surface area is 148 Å². The van der Waals surface area contributed by atoms with Gasteiger partial charge >= 0.3 is 44.7 Å². The monoisotopic (exact) mass is 443 g/mol. The first-order valence-corrected chi connectivity index (χ1v) is 6.85. The predicted molar refractivity (Wildman–Crippen MR) is 86.3 cm³/mol. The van der Waals surface area contributed by atoms with E-state index in [1.54, 1.807) is 19.8 Å². The van der Waals surface area contributed by atoms with Crippen molar-refractivity contribution >= 4 is 91.7 Å². The average Bonchev–Trinajstić information content (AvgIpc) is 2.51. The number of nitrogens with two attached hydrogens (primary N) is 3. The van der Waals surface area contributed by atoms with E-state index in [-0.39, 0.29) is 13.0 Å². The fourth-order valence-corrected chi connectivity index (χ4v) is 0.341. The Morgan fingerprint density at radius 1 is 1.00 bits per heavy atom. The third-order valence-electron chi connectivity index (χ3n) is 0.326. The molecule has 0 bridgehead atoms. The number of nitrogens with zero attached hydrogens (tertiary/aromatic N) is 3. The van der Waals surface area contributed by atoms with Crippen LogP contribution < -0.4 is 21.4 Å². The number of hydrogen-bond acceptors (Lipinski definition) is 9. The molecule has 1 aromatic heterocycles. The molecule has 0 saturated carbocycles. The number of rotatable bonds is 0. The summed E-state index contributed by atoms with van der Waals surface area (Å²) in [5, 5.41) is 12.6. The third kappa shape index (κ3) is 72.9. The Morgan fingerprint density at radius 2 is 1.28 bits per heavy atom. The predicted octanol–water partition coefficient (Wildman–Crippen LogP) is -2.30. The van der Waals surface area contributed by atoms with Gasteiger partial charge in [-0.25, -0.2) is 0 Å². The third-order valence-corrected chi connectivity index (χ3v) is 0.751. The summed E-state index contributed by atoms with van der Waals surface area (Å²) in [6.07, 6.45) is 0. The van der Waals surface area contributed by atoms with Crippen molar-refractivity contribution in [3.05, 3.63) is 0 Å². The van der Waals surface area contributed by atoms with Crippen LogP contribution in [0.5, 0.6) is 0 Å². The Kier molecular flexibility index (Phi) is 22.0. The zero-order valence-corrected chi connectivity index (χ0v) is 15.3. The van der Waals surface area contributed by atoms with E-state index in [1.165, 1.54) is 0 Å². The summed E-state index contributed by atoms with van der Waals surface area (Å²) in [4.78, 5) is 0. The first-order chi connectivity index (χ1) is 8.09. The maximum absolute atomic E-state index is 4.66. The van der Waals surface area contributed by atoms with Crippen molar-refractivity contribution in [1.82, 2.24) is 20.6 Å². The molecule has 14 heteroatoms. The van der Waals surface area contributed by atoms with E-state index < -0.39 is 0 Å². The van der Waals surface area contributed by atoms with Gasteiger partial charge in [0.2, 0.25) is 0 Å². The van der Waals surface area contributed by atoms with Crippen molar-refractivity contribution in [1.29, 1.82) is 0 Å². The van der Waals surface area contributed by atoms with E-state index in [0.717, 1.165) is 4.21 Å². The van der Waals surface area contributed by atoms with Crippen molar-refractivity contribution in [2.75, 3.05) is 0 Å². The Balaban J connectivity index is -0.000000171. The summed E-state index contributed by atoms with van der Waals surface area (Å²) in [6, 6.07) is 0. The molecule has 0 atom stereocenters. The van der Waals surface area contributed by atoms with E-state index in [9.17, 15) is 0 Å². The van der Waals surface area contributed by atoms with Crippen molar-refractivity contribution in [3.8, 4) is 0 Å². The quantitative estimate of drug-likeness (QED) is 0.196. The average molecular weight is 441 g/mol. The molecule has 0 saturated heterocycles. The van der Waals surface area contributed by atoms with Crippen LogP contribution >= 0.6 is 36.7 Å². The molecule has 7 N–H and O–H groups in total. The summed E-state index contributed by atoms with van der Waals surface area (Å²) < 4.78 is 1.01. The molecule has 0 aromatic carbocycles. The van der Waals surface area contributed by atoms with Crippen LogP contribution in [0.1, 0.15) is 0 Å². The van der Waals surface area contributed by atoms with Gasteiger partial charge in [-0.3, -0.25) is 0 Å². The van der Waals surface area contributed by atoms with Gasteiger partial charge in [-0.1, -0.05) is 13.0 Å². The molecule has 18 heavy (non-hydrogen) atoms. The van der Waals surface area contributed by atoms with Crippen molar-refractivity contribution < 1.29 is 19.8 Å². The van der Waals surface area contributed by atoms with Gasteiger partial charge in [0.25, 0.3) is 0 Å². The second-order valence-electron chi connectivity index (χ2n) is 1.66. The molecule has 7 nitrogen and oxygen atoms in total. The molecule has 1 aromatic rings. The molecule has 1 rings (SSSR count). The zero-order chi connectivity index (χ0) is 15.1. The molecular weight excluding hydrogens is 434 g/mol. The second-order valence-corrected chi connectivity index (χ2v) is 6.03. The molecule has 0 aliphatic heterocycles. The fourth-order valence-electron chi connectivity index (χ4n) is 0.150. The van der Waals surface area contributed by atoms with Crippen LogP contribution in [0.2, 0.25) is 0 Å². The maximum atomic E-state index is 4.66. The summed E-state index contributed by atoms with van der Waals surface area (Å²) >= 11 is 26.5. The van der Waals surface area contributed by atoms with Crippen molar-refractivity contribution in [2.45, 2.75) is 0 Å². The molecule has 0 unspecified atom stereocenters. The number of aromatic amines is 1. The summed E-state index contributed by atoms with van der Waals surface area (Å²) in [6.45, 7) is 0. The van der Waals surface area contributed by atoms with Crippen molar-refractivity contribution in [2.24, 2.45) is 17.2 Å². The van der Waals surface area contributed by atoms with E-state index in [0.29, 0.717) is 0 Å². The molecular formula is C4H7MoN7S6. The van der Waals surface area contributed by atoms with Gasteiger partial charge < -0.3 is 91.7 Å². The number of aromatic nitrogens is 4. The Hall–Kier alpha value is 0.0883. The van der Waals surface area contributed by atoms with Crippen LogP contribution in [0.15, 0.2) is 0 Å². The minimum absolute atomic E-state index is 0.0833. The zero-order valence-electron chi connectivity index (χ0n) is 8.43. The van der Waals surface area contributed by atoms with Gasteiger partial charge in [-0.2, -0.15) is 0 Å². The van der Waals surface area contributed by atoms with Gasteiger partial charge in [-0.05, 0) is 0 Å². The van der Waals surface area contributed by atoms with Gasteiger partial charge in [0.1, 0.15) is 0 Å². The van der Waals surface area contributed by atoms with Gasteiger partial charge in [0, 0.05) is 0 Å². The molecule has 0 aliphatic carbocycles. The molecule has 100 valence electrons. The molecule has 0 radical (unpaired) electrons. The number of tetrazole rings is 1. The van der Waals surface area contributed by atoms with Gasteiger partial charge in [-0.15, -0.1) is 0 Å². The Bertz CT molecular complexity index is 301. The van der Waals surface area contributed by atoms with Crippen LogP contribution in [-0.4, -0.2) is 33.6 Å². The molecule has 1 heterocycles. The number of nitrogens with one attached hydrogen (secondary N) is 1. The first kappa shape index (κ1) is 23.2. The number of thiocarbonyl (C=S) groups is 3. The van der Waals surface area contributed by atoms with Gasteiger partial charge in [0.15, 0.2) is 0 Å². The normalized spacial score (nSPS) is 6.83. The molecule has 0 amide bonds.